The molecule has 1 aliphatic carbocycles. The molecular weight excluding hydrogens is 675 g/mol. The van der Waals surface area contributed by atoms with Gasteiger partial charge in [0.2, 0.25) is 0 Å². The van der Waals surface area contributed by atoms with Gasteiger partial charge in [-0.1, -0.05) is 185 Å². The average molecular weight is 722 g/mol. The van der Waals surface area contributed by atoms with Crippen molar-refractivity contribution in [3.8, 4) is 67.5 Å². The van der Waals surface area contributed by atoms with Crippen molar-refractivity contribution in [2.45, 2.75) is 58.5 Å². The van der Waals surface area contributed by atoms with E-state index in [-0.39, 0.29) is 5.41 Å². The predicted molar refractivity (Wildman–Crippen MR) is 231 cm³/mol. The minimum atomic E-state index is -1.44. The second-order valence-corrected chi connectivity index (χ2v) is 27.2. The van der Waals surface area contributed by atoms with Crippen LogP contribution in [0.15, 0.2) is 140 Å². The molecule has 262 valence electrons. The minimum Gasteiger partial charge on any atom is -0.208 e. The van der Waals surface area contributed by atoms with E-state index in [9.17, 15) is 0 Å². The van der Waals surface area contributed by atoms with Gasteiger partial charge in [-0.2, -0.15) is 0 Å². The quantitative estimate of drug-likeness (QED) is 0.154. The van der Waals surface area contributed by atoms with Gasteiger partial charge in [0.05, 0.1) is 16.1 Å². The fourth-order valence-corrected chi connectivity index (χ4v) is 9.94. The molecule has 0 atom stereocenters. The summed E-state index contributed by atoms with van der Waals surface area (Å²) in [5.74, 6) is 2.05. The van der Waals surface area contributed by atoms with Gasteiger partial charge in [0, 0.05) is 22.1 Å². The van der Waals surface area contributed by atoms with Gasteiger partial charge < -0.3 is 0 Å². The highest BCUT2D eigenvalue weighted by Crippen LogP contribution is 2.49. The topological polar surface area (TPSA) is 38.7 Å². The molecule has 0 saturated heterocycles. The van der Waals surface area contributed by atoms with Gasteiger partial charge in [-0.25, -0.2) is 15.0 Å². The maximum Gasteiger partial charge on any atom is 0.164 e. The first kappa shape index (κ1) is 34.8. The summed E-state index contributed by atoms with van der Waals surface area (Å²) in [6, 6.07) is 51.0. The summed E-state index contributed by atoms with van der Waals surface area (Å²) in [5, 5.41) is 2.84. The Labute approximate surface area is 316 Å². The third-order valence-corrected chi connectivity index (χ3v) is 15.0. The summed E-state index contributed by atoms with van der Waals surface area (Å²) in [4.78, 5) is 15.3. The Hall–Kier alpha value is -5.24. The van der Waals surface area contributed by atoms with Crippen molar-refractivity contribution in [3.63, 3.8) is 0 Å². The molecular formula is C48H47N3Si2. The van der Waals surface area contributed by atoms with E-state index in [2.05, 4.69) is 193 Å². The SMILES string of the molecule is CC1(C)c2ccccc2-c2ccc(-c3cccc(-c4cccc(-c5nc(-c6ccc([Si](C)(C)C)cc6)nc(-c6ccc([Si](C)(C)C)cc6)n5)c4)c3)cc21. The molecule has 53 heavy (non-hydrogen) atoms. The summed E-state index contributed by atoms with van der Waals surface area (Å²) < 4.78 is 0. The third-order valence-electron chi connectivity index (χ3n) is 10.9. The molecule has 7 aromatic rings. The molecule has 1 heterocycles. The standard InChI is InChI=1S/C48H47N3Si2/c1-48(2)43-18-10-9-17-41(43)42-28-23-37(31-44(42)48)35-14-11-13-34(29-35)36-15-12-16-38(30-36)47-50-45(32-19-24-39(25-20-32)52(3,4)5)49-46(51-47)33-21-26-40(27-22-33)53(6,7)8/h9-31H,1-8H3. The van der Waals surface area contributed by atoms with Crippen molar-refractivity contribution < 1.29 is 0 Å². The van der Waals surface area contributed by atoms with Gasteiger partial charge in [0.1, 0.15) is 0 Å². The van der Waals surface area contributed by atoms with Crippen LogP contribution in [0.3, 0.4) is 0 Å². The van der Waals surface area contributed by atoms with Crippen LogP contribution < -0.4 is 10.4 Å². The van der Waals surface area contributed by atoms with Crippen LogP contribution in [0.25, 0.3) is 67.5 Å². The zero-order chi connectivity index (χ0) is 37.1. The molecule has 0 unspecified atom stereocenters. The number of hydrogen-bond donors (Lipinski definition) is 0. The fraction of sp³-hybridized carbons (Fsp3) is 0.188. The molecule has 0 aliphatic heterocycles. The van der Waals surface area contributed by atoms with E-state index in [4.69, 9.17) is 15.0 Å². The van der Waals surface area contributed by atoms with Gasteiger partial charge >= 0.3 is 0 Å². The number of hydrogen-bond acceptors (Lipinski definition) is 3. The average Bonchev–Trinajstić information content (AvgIpc) is 3.39. The second kappa shape index (κ2) is 13.0. The normalized spacial score (nSPS) is 13.4. The minimum absolute atomic E-state index is 0.0388. The molecule has 5 heteroatoms. The maximum absolute atomic E-state index is 5.11. The van der Waals surface area contributed by atoms with Gasteiger partial charge in [0.15, 0.2) is 17.5 Å². The molecule has 0 fully saturated rings. The third kappa shape index (κ3) is 6.64. The van der Waals surface area contributed by atoms with Crippen molar-refractivity contribution in [2.24, 2.45) is 0 Å². The van der Waals surface area contributed by atoms with Crippen LogP contribution >= 0.6 is 0 Å². The number of fused-ring (bicyclic) bond motifs is 3. The Kier molecular flexibility index (Phi) is 8.55. The fourth-order valence-electron chi connectivity index (χ4n) is 7.60. The molecule has 8 rings (SSSR count). The van der Waals surface area contributed by atoms with E-state index in [1.807, 2.05) is 0 Å². The molecule has 3 nitrogen and oxygen atoms in total. The zero-order valence-electron chi connectivity index (χ0n) is 32.1. The van der Waals surface area contributed by atoms with E-state index in [1.54, 1.807) is 0 Å². The highest BCUT2D eigenvalue weighted by Gasteiger charge is 2.35. The monoisotopic (exact) mass is 721 g/mol. The molecule has 0 spiro atoms. The molecule has 6 aromatic carbocycles. The van der Waals surface area contributed by atoms with E-state index < -0.39 is 16.1 Å². The van der Waals surface area contributed by atoms with E-state index in [1.165, 1.54) is 43.8 Å². The highest BCUT2D eigenvalue weighted by atomic mass is 28.3. The molecule has 0 radical (unpaired) electrons. The molecule has 0 bridgehead atoms. The van der Waals surface area contributed by atoms with Gasteiger partial charge in [-0.15, -0.1) is 0 Å². The van der Waals surface area contributed by atoms with E-state index in [0.29, 0.717) is 17.5 Å². The zero-order valence-corrected chi connectivity index (χ0v) is 34.1. The smallest absolute Gasteiger partial charge is 0.164 e. The lowest BCUT2D eigenvalue weighted by molar-refractivity contribution is 0.660. The highest BCUT2D eigenvalue weighted by molar-refractivity contribution is 6.89. The first-order chi connectivity index (χ1) is 25.3. The van der Waals surface area contributed by atoms with Crippen LogP contribution in [-0.2, 0) is 5.41 Å². The molecule has 1 aliphatic rings. The van der Waals surface area contributed by atoms with Crippen LogP contribution in [0.2, 0.25) is 39.3 Å². The Morgan fingerprint density at radius 2 is 0.755 bits per heavy atom. The van der Waals surface area contributed by atoms with E-state index >= 15 is 0 Å². The van der Waals surface area contributed by atoms with Crippen LogP contribution in [0.5, 0.6) is 0 Å². The summed E-state index contributed by atoms with van der Waals surface area (Å²) in [7, 11) is -2.89. The number of nitrogens with zero attached hydrogens (tertiary/aromatic N) is 3. The lowest BCUT2D eigenvalue weighted by Crippen LogP contribution is -2.37. The Morgan fingerprint density at radius 1 is 0.358 bits per heavy atom. The Bertz CT molecular complexity index is 2410. The molecule has 0 N–H and O–H groups in total. The number of benzene rings is 6. The summed E-state index contributed by atoms with van der Waals surface area (Å²) in [6.45, 7) is 18.9. The van der Waals surface area contributed by atoms with Crippen molar-refractivity contribution in [1.82, 2.24) is 15.0 Å². The van der Waals surface area contributed by atoms with Gasteiger partial charge in [-0.05, 0) is 62.7 Å². The first-order valence-corrected chi connectivity index (χ1v) is 25.7. The molecule has 0 saturated carbocycles. The molecule has 0 amide bonds. The Balaban J connectivity index is 1.18. The van der Waals surface area contributed by atoms with Crippen LogP contribution in [-0.4, -0.2) is 31.1 Å². The lowest BCUT2D eigenvalue weighted by atomic mass is 9.81. The van der Waals surface area contributed by atoms with Crippen LogP contribution in [0, 0.1) is 0 Å². The Morgan fingerprint density at radius 3 is 1.26 bits per heavy atom. The largest absolute Gasteiger partial charge is 0.208 e. The first-order valence-electron chi connectivity index (χ1n) is 18.7. The second-order valence-electron chi connectivity index (χ2n) is 17.1. The van der Waals surface area contributed by atoms with Crippen molar-refractivity contribution in [2.75, 3.05) is 0 Å². The summed E-state index contributed by atoms with van der Waals surface area (Å²) >= 11 is 0. The van der Waals surface area contributed by atoms with Crippen LogP contribution in [0.1, 0.15) is 25.0 Å². The van der Waals surface area contributed by atoms with Gasteiger partial charge in [-0.3, -0.25) is 0 Å². The van der Waals surface area contributed by atoms with E-state index in [0.717, 1.165) is 27.8 Å². The summed E-state index contributed by atoms with van der Waals surface area (Å²) in [6.07, 6.45) is 0. The van der Waals surface area contributed by atoms with Crippen molar-refractivity contribution >= 4 is 26.5 Å². The molecule has 1 aromatic heterocycles. The van der Waals surface area contributed by atoms with Crippen molar-refractivity contribution in [3.05, 3.63) is 151 Å². The maximum atomic E-state index is 5.11. The van der Waals surface area contributed by atoms with Crippen LogP contribution in [0.4, 0.5) is 0 Å². The lowest BCUT2D eigenvalue weighted by Gasteiger charge is -2.22. The number of aromatic nitrogens is 3. The predicted octanol–water partition coefficient (Wildman–Crippen LogP) is 11.6. The summed E-state index contributed by atoms with van der Waals surface area (Å²) in [5.41, 5.74) is 13.1. The number of rotatable bonds is 7. The van der Waals surface area contributed by atoms with Crippen molar-refractivity contribution in [1.29, 1.82) is 0 Å². The van der Waals surface area contributed by atoms with Gasteiger partial charge in [0.25, 0.3) is 0 Å².